The average molecular weight is 715 g/mol. The summed E-state index contributed by atoms with van der Waals surface area (Å²) in [7, 11) is 0. The maximum absolute atomic E-state index is 15.3. The summed E-state index contributed by atoms with van der Waals surface area (Å²) in [6.45, 7) is 1.26. The monoisotopic (exact) mass is 716 g/mol. The first-order valence-electron chi connectivity index (χ1n) is 12.5. The fourth-order valence-corrected chi connectivity index (χ4v) is 12.7. The van der Waals surface area contributed by atoms with Crippen LogP contribution in [0.15, 0.2) is 0 Å². The van der Waals surface area contributed by atoms with Gasteiger partial charge in [0.05, 0.1) is 0 Å². The standard InChI is InChI=1S/2C7H15O.2C4H2F7.Sn/c2*1-2-3-4-5-6-7-8;2*5-1-3(8,9)4(10,11)2(6)7;/h2*2-7H2,1H3;2*1-2H;/q2*-1;;;+2. The van der Waals surface area contributed by atoms with Crippen molar-refractivity contribution in [1.82, 2.24) is 0 Å². The summed E-state index contributed by atoms with van der Waals surface area (Å²) in [5, 5.41) is 0. The zero-order chi connectivity index (χ0) is 30.7. The van der Waals surface area contributed by atoms with Gasteiger partial charge in [0.2, 0.25) is 0 Å². The Morgan fingerprint density at radius 1 is 0.462 bits per heavy atom. The van der Waals surface area contributed by atoms with Gasteiger partial charge < -0.3 is 0 Å². The molecule has 0 saturated carbocycles. The fourth-order valence-electron chi connectivity index (χ4n) is 3.47. The molecule has 0 heterocycles. The van der Waals surface area contributed by atoms with Crippen molar-refractivity contribution >= 4 is 19.2 Å². The zero-order valence-electron chi connectivity index (χ0n) is 21.4. The van der Waals surface area contributed by atoms with Gasteiger partial charge in [-0.25, -0.2) is 0 Å². The minimum atomic E-state index is -8.25. The Labute approximate surface area is 223 Å². The molecule has 0 N–H and O–H groups in total. The van der Waals surface area contributed by atoms with Gasteiger partial charge in [-0.15, -0.1) is 0 Å². The zero-order valence-corrected chi connectivity index (χ0v) is 24.3. The van der Waals surface area contributed by atoms with Gasteiger partial charge in [-0.3, -0.25) is 0 Å². The predicted molar refractivity (Wildman–Crippen MR) is 117 cm³/mol. The van der Waals surface area contributed by atoms with Gasteiger partial charge >= 0.3 is 223 Å². The van der Waals surface area contributed by atoms with Gasteiger partial charge in [-0.05, 0) is 0 Å². The van der Waals surface area contributed by atoms with Crippen LogP contribution in [-0.2, 0) is 6.15 Å². The Kier molecular flexibility index (Phi) is 16.3. The second-order valence-corrected chi connectivity index (χ2v) is 17.7. The van der Waals surface area contributed by atoms with Crippen LogP contribution in [-0.4, -0.2) is 77.3 Å². The summed E-state index contributed by atoms with van der Waals surface area (Å²) in [6, 6.07) is 0. The molecule has 0 saturated heterocycles. The molecular formula is C22H34F14O2Sn. The second-order valence-electron chi connectivity index (χ2n) is 9.07. The molecule has 2 nitrogen and oxygen atoms in total. The first kappa shape index (κ1) is 38.7. The summed E-state index contributed by atoms with van der Waals surface area (Å²) < 4.78 is 193. The maximum atomic E-state index is 15.3. The van der Waals surface area contributed by atoms with Crippen LogP contribution in [0.4, 0.5) is 61.5 Å². The Hall–Kier alpha value is -0.261. The van der Waals surface area contributed by atoms with Gasteiger partial charge in [0.25, 0.3) is 0 Å². The number of rotatable bonds is 22. The third kappa shape index (κ3) is 9.37. The molecule has 0 aromatic rings. The summed E-state index contributed by atoms with van der Waals surface area (Å²) in [4.78, 5) is 0. The molecule has 0 aliphatic rings. The van der Waals surface area contributed by atoms with Gasteiger partial charge in [-0.1, -0.05) is 0 Å². The van der Waals surface area contributed by atoms with Crippen LogP contribution in [0, 0.1) is 0 Å². The van der Waals surface area contributed by atoms with E-state index in [0.29, 0.717) is 38.5 Å². The Bertz CT molecular complexity index is 625. The average Bonchev–Trinajstić information content (AvgIpc) is 2.85. The summed E-state index contributed by atoms with van der Waals surface area (Å²) in [5.41, 5.74) is 0. The molecule has 0 spiro atoms. The molecule has 0 fully saturated rings. The minimum absolute atomic E-state index is 0.119. The third-order valence-electron chi connectivity index (χ3n) is 5.93. The van der Waals surface area contributed by atoms with E-state index in [1.165, 1.54) is 0 Å². The van der Waals surface area contributed by atoms with Gasteiger partial charge in [0.1, 0.15) is 0 Å². The van der Waals surface area contributed by atoms with Crippen LogP contribution in [0.1, 0.15) is 78.1 Å². The quantitative estimate of drug-likeness (QED) is 0.0633. The number of unbranched alkanes of at least 4 members (excludes halogenated alkanes) is 8. The number of alkyl halides is 14. The van der Waals surface area contributed by atoms with Crippen LogP contribution < -0.4 is 0 Å². The molecule has 0 bridgehead atoms. The topological polar surface area (TPSA) is 18.5 Å². The normalized spacial score (nSPS) is 15.8. The Balaban J connectivity index is 6.71. The van der Waals surface area contributed by atoms with Gasteiger partial charge in [0, 0.05) is 0 Å². The molecule has 0 aliphatic heterocycles. The Morgan fingerprint density at radius 2 is 0.744 bits per heavy atom. The van der Waals surface area contributed by atoms with Crippen LogP contribution >= 0.6 is 0 Å². The first-order valence-corrected chi connectivity index (χ1v) is 18.1. The van der Waals surface area contributed by atoms with E-state index in [1.807, 2.05) is 0 Å². The van der Waals surface area contributed by atoms with Crippen molar-refractivity contribution in [1.29, 1.82) is 0 Å². The molecule has 0 aromatic heterocycles. The Morgan fingerprint density at radius 3 is 1.00 bits per heavy atom. The van der Waals surface area contributed by atoms with E-state index in [4.69, 9.17) is 0 Å². The van der Waals surface area contributed by atoms with E-state index in [2.05, 4.69) is 6.15 Å². The van der Waals surface area contributed by atoms with E-state index in [1.54, 1.807) is 13.8 Å². The molecule has 0 aliphatic carbocycles. The molecule has 236 valence electrons. The van der Waals surface area contributed by atoms with E-state index < -0.39 is 77.3 Å². The van der Waals surface area contributed by atoms with Crippen LogP contribution in [0.3, 0.4) is 0 Å². The predicted octanol–water partition coefficient (Wildman–Crippen LogP) is 9.23. The van der Waals surface area contributed by atoms with E-state index in [9.17, 15) is 52.7 Å². The van der Waals surface area contributed by atoms with Crippen molar-refractivity contribution in [3.63, 3.8) is 0 Å². The van der Waals surface area contributed by atoms with E-state index >= 15 is 8.78 Å². The van der Waals surface area contributed by atoms with Crippen LogP contribution in [0.2, 0.25) is 0 Å². The van der Waals surface area contributed by atoms with Gasteiger partial charge in [0.15, 0.2) is 0 Å². The molecular weight excluding hydrogens is 681 g/mol. The van der Waals surface area contributed by atoms with Crippen molar-refractivity contribution in [3.05, 3.63) is 0 Å². The third-order valence-corrected chi connectivity index (χ3v) is 15.8. The molecule has 17 heteroatoms. The van der Waals surface area contributed by atoms with Crippen molar-refractivity contribution < 1.29 is 67.6 Å². The molecule has 39 heavy (non-hydrogen) atoms. The molecule has 0 aromatic carbocycles. The van der Waals surface area contributed by atoms with Crippen molar-refractivity contribution in [2.75, 3.05) is 13.2 Å². The SMILES string of the molecule is CCCCCCC[O][Sn]([O]CCCCCCC)([CH](F)C(F)(F)C(F)(F)C(F)F)[CH](F)C(F)(F)C(F)(F)C(F)F. The number of hydrogen-bond acceptors (Lipinski definition) is 2. The first-order chi connectivity index (χ1) is 17.8. The van der Waals surface area contributed by atoms with Crippen molar-refractivity contribution in [3.8, 4) is 0 Å². The summed E-state index contributed by atoms with van der Waals surface area (Å²) in [5.74, 6) is -26.5. The molecule has 0 radical (unpaired) electrons. The molecule has 2 atom stereocenters. The van der Waals surface area contributed by atoms with Gasteiger partial charge in [-0.2, -0.15) is 0 Å². The second kappa shape index (κ2) is 16.4. The summed E-state index contributed by atoms with van der Waals surface area (Å²) >= 11 is -8.25. The van der Waals surface area contributed by atoms with Crippen molar-refractivity contribution in [2.45, 2.75) is 123 Å². The fraction of sp³-hybridized carbons (Fsp3) is 1.00. The number of hydrogen-bond donors (Lipinski definition) is 0. The van der Waals surface area contributed by atoms with Crippen LogP contribution in [0.25, 0.3) is 0 Å². The molecule has 0 rings (SSSR count). The summed E-state index contributed by atoms with van der Waals surface area (Å²) in [6.07, 6.45) is -7.75. The number of halogens is 14. The molecule has 2 unspecified atom stereocenters. The van der Waals surface area contributed by atoms with E-state index in [-0.39, 0.29) is 25.7 Å². The van der Waals surface area contributed by atoms with E-state index in [0.717, 1.165) is 0 Å². The molecule has 0 amide bonds. The van der Waals surface area contributed by atoms with Crippen LogP contribution in [0.5, 0.6) is 0 Å². The van der Waals surface area contributed by atoms with Crippen molar-refractivity contribution in [2.24, 2.45) is 0 Å².